The molecule has 0 aromatic carbocycles. The van der Waals surface area contributed by atoms with Crippen LogP contribution >= 0.6 is 0 Å². The highest BCUT2D eigenvalue weighted by Gasteiger charge is 1.97. The Hall–Kier alpha value is -0.790. The second kappa shape index (κ2) is 6.89. The van der Waals surface area contributed by atoms with E-state index in [0.29, 0.717) is 0 Å². The van der Waals surface area contributed by atoms with Crippen LogP contribution in [-0.2, 0) is 0 Å². The van der Waals surface area contributed by atoms with Crippen LogP contribution in [0.15, 0.2) is 24.4 Å². The summed E-state index contributed by atoms with van der Waals surface area (Å²) >= 11 is 0. The van der Waals surface area contributed by atoms with E-state index < -0.39 is 0 Å². The molecule has 0 saturated carbocycles. The topological polar surface area (TPSA) is 3.24 Å². The Balaban J connectivity index is 0.00000121. The van der Waals surface area contributed by atoms with Crippen molar-refractivity contribution >= 4 is 0 Å². The molecule has 2 heteroatoms. The van der Waals surface area contributed by atoms with Crippen LogP contribution in [0.25, 0.3) is 0 Å². The van der Waals surface area contributed by atoms with Crippen molar-refractivity contribution in [2.75, 3.05) is 13.1 Å². The molecule has 0 aromatic rings. The fraction of sp³-hybridized carbons (Fsp3) is 0.600. The van der Waals surface area contributed by atoms with Crippen LogP contribution in [0.3, 0.4) is 0 Å². The van der Waals surface area contributed by atoms with E-state index in [1.807, 2.05) is 0 Å². The Morgan fingerprint density at radius 1 is 1.25 bits per heavy atom. The lowest BCUT2D eigenvalue weighted by Gasteiger charge is -2.19. The summed E-state index contributed by atoms with van der Waals surface area (Å²) in [4.78, 5) is 2.36. The van der Waals surface area contributed by atoms with Gasteiger partial charge in [-0.2, -0.15) is 0 Å². The third kappa shape index (κ3) is 4.16. The Labute approximate surface area is 74.1 Å². The molecule has 0 aliphatic carbocycles. The van der Waals surface area contributed by atoms with Crippen LogP contribution in [0.5, 0.6) is 0 Å². The molecule has 0 aromatic heterocycles. The van der Waals surface area contributed by atoms with Gasteiger partial charge in [-0.25, -0.2) is 0 Å². The van der Waals surface area contributed by atoms with Gasteiger partial charge in [0.1, 0.15) is 0 Å². The zero-order chi connectivity index (χ0) is 7.94. The fourth-order valence-electron chi connectivity index (χ4n) is 1.24. The van der Waals surface area contributed by atoms with E-state index in [1.165, 1.54) is 25.8 Å². The Kier molecular flexibility index (Phi) is 6.44. The number of hydrogen-bond acceptors (Lipinski definition) is 1. The van der Waals surface area contributed by atoms with Gasteiger partial charge in [-0.1, -0.05) is 31.9 Å². The molecule has 0 saturated heterocycles. The highest BCUT2D eigenvalue weighted by atomic mass is 19.0. The normalized spacial score (nSPS) is 14.6. The summed E-state index contributed by atoms with van der Waals surface area (Å²) in [5.74, 6) is 0. The highest BCUT2D eigenvalue weighted by molar-refractivity contribution is 5.08. The van der Waals surface area contributed by atoms with Gasteiger partial charge in [0.15, 0.2) is 0 Å². The first-order valence-corrected chi connectivity index (χ1v) is 4.51. The van der Waals surface area contributed by atoms with Gasteiger partial charge >= 0.3 is 0 Å². The van der Waals surface area contributed by atoms with Crippen LogP contribution in [0.1, 0.15) is 26.2 Å². The fourth-order valence-corrected chi connectivity index (χ4v) is 1.24. The van der Waals surface area contributed by atoms with Crippen LogP contribution in [0.4, 0.5) is 4.70 Å². The molecule has 0 radical (unpaired) electrons. The molecule has 0 N–H and O–H groups in total. The molecule has 1 aliphatic rings. The summed E-state index contributed by atoms with van der Waals surface area (Å²) in [5, 5.41) is 0. The predicted octanol–water partition coefficient (Wildman–Crippen LogP) is 2.71. The van der Waals surface area contributed by atoms with Crippen molar-refractivity contribution in [1.29, 1.82) is 0 Å². The van der Waals surface area contributed by atoms with Gasteiger partial charge in [0, 0.05) is 13.1 Å². The van der Waals surface area contributed by atoms with Crippen molar-refractivity contribution in [3.8, 4) is 0 Å². The summed E-state index contributed by atoms with van der Waals surface area (Å²) in [5.41, 5.74) is 0. The molecule has 70 valence electrons. The average molecular weight is 171 g/mol. The van der Waals surface area contributed by atoms with Gasteiger partial charge < -0.3 is 4.90 Å². The van der Waals surface area contributed by atoms with E-state index in [0.717, 1.165) is 6.54 Å². The maximum Gasteiger partial charge on any atom is 0.0357 e. The monoisotopic (exact) mass is 171 g/mol. The van der Waals surface area contributed by atoms with Crippen molar-refractivity contribution in [3.05, 3.63) is 24.4 Å². The summed E-state index contributed by atoms with van der Waals surface area (Å²) < 4.78 is 0. The third-order valence-electron chi connectivity index (χ3n) is 1.93. The van der Waals surface area contributed by atoms with E-state index in [2.05, 4.69) is 36.3 Å². The lowest BCUT2D eigenvalue weighted by molar-refractivity contribution is 0.396. The standard InChI is InChI=1S/C10H17N.FH/c1-2-3-5-8-11-9-6-4-7-10-11;/h4,6-7,9H,2-3,5,8,10H2,1H3;1H. The van der Waals surface area contributed by atoms with Gasteiger partial charge in [-0.3, -0.25) is 4.70 Å². The molecule has 0 bridgehead atoms. The Morgan fingerprint density at radius 2 is 2.08 bits per heavy atom. The Bertz CT molecular complexity index is 152. The number of nitrogens with zero attached hydrogens (tertiary/aromatic N) is 1. The first kappa shape index (κ1) is 11.2. The largest absolute Gasteiger partial charge is 0.374 e. The second-order valence-corrected chi connectivity index (χ2v) is 2.97. The van der Waals surface area contributed by atoms with Gasteiger partial charge in [-0.05, 0) is 18.7 Å². The minimum Gasteiger partial charge on any atom is -0.374 e. The van der Waals surface area contributed by atoms with Crippen LogP contribution in [-0.4, -0.2) is 18.0 Å². The van der Waals surface area contributed by atoms with Crippen molar-refractivity contribution < 1.29 is 4.70 Å². The number of allylic oxidation sites excluding steroid dienone is 2. The SMILES string of the molecule is CCCCCN1C=CC=CC1.F. The molecule has 0 fully saturated rings. The molecular weight excluding hydrogens is 153 g/mol. The highest BCUT2D eigenvalue weighted by Crippen LogP contribution is 2.02. The lowest BCUT2D eigenvalue weighted by Crippen LogP contribution is -2.19. The lowest BCUT2D eigenvalue weighted by atomic mass is 10.2. The van der Waals surface area contributed by atoms with Crippen molar-refractivity contribution in [1.82, 2.24) is 4.90 Å². The van der Waals surface area contributed by atoms with Gasteiger partial charge in [-0.15, -0.1) is 0 Å². The first-order chi connectivity index (χ1) is 5.43. The average Bonchev–Trinajstić information content (AvgIpc) is 2.07. The number of rotatable bonds is 4. The van der Waals surface area contributed by atoms with Crippen molar-refractivity contribution in [2.24, 2.45) is 0 Å². The molecule has 1 rings (SSSR count). The van der Waals surface area contributed by atoms with Crippen molar-refractivity contribution in [3.63, 3.8) is 0 Å². The summed E-state index contributed by atoms with van der Waals surface area (Å²) in [6.07, 6.45) is 12.6. The molecule has 1 nitrogen and oxygen atoms in total. The molecule has 12 heavy (non-hydrogen) atoms. The molecular formula is C10H18FN. The smallest absolute Gasteiger partial charge is 0.0357 e. The summed E-state index contributed by atoms with van der Waals surface area (Å²) in [7, 11) is 0. The van der Waals surface area contributed by atoms with Crippen molar-refractivity contribution in [2.45, 2.75) is 26.2 Å². The summed E-state index contributed by atoms with van der Waals surface area (Å²) in [6, 6.07) is 0. The van der Waals surface area contributed by atoms with Gasteiger partial charge in [0.05, 0.1) is 0 Å². The predicted molar refractivity (Wildman–Crippen MR) is 51.9 cm³/mol. The molecule has 0 spiro atoms. The first-order valence-electron chi connectivity index (χ1n) is 4.51. The number of unbranched alkanes of at least 4 members (excludes halogenated alkanes) is 2. The zero-order valence-electron chi connectivity index (χ0n) is 7.70. The van der Waals surface area contributed by atoms with Crippen LogP contribution < -0.4 is 0 Å². The molecule has 0 unspecified atom stereocenters. The molecule has 0 amide bonds. The Morgan fingerprint density at radius 3 is 2.67 bits per heavy atom. The third-order valence-corrected chi connectivity index (χ3v) is 1.93. The second-order valence-electron chi connectivity index (χ2n) is 2.97. The van der Waals surface area contributed by atoms with E-state index in [1.54, 1.807) is 0 Å². The van der Waals surface area contributed by atoms with Crippen LogP contribution in [0, 0.1) is 0 Å². The molecule has 1 heterocycles. The minimum absolute atomic E-state index is 0. The van der Waals surface area contributed by atoms with E-state index in [-0.39, 0.29) is 4.70 Å². The molecule has 0 atom stereocenters. The van der Waals surface area contributed by atoms with E-state index in [4.69, 9.17) is 0 Å². The minimum atomic E-state index is 0. The number of halogens is 1. The van der Waals surface area contributed by atoms with Crippen LogP contribution in [0.2, 0.25) is 0 Å². The summed E-state index contributed by atoms with van der Waals surface area (Å²) in [6.45, 7) is 4.56. The van der Waals surface area contributed by atoms with Gasteiger partial charge in [0.25, 0.3) is 0 Å². The van der Waals surface area contributed by atoms with E-state index in [9.17, 15) is 0 Å². The molecule has 1 aliphatic heterocycles. The maximum absolute atomic E-state index is 2.36. The van der Waals surface area contributed by atoms with E-state index >= 15 is 0 Å². The quantitative estimate of drug-likeness (QED) is 0.588. The maximum atomic E-state index is 2.36. The van der Waals surface area contributed by atoms with Gasteiger partial charge in [0.2, 0.25) is 0 Å². The number of hydrogen-bond donors (Lipinski definition) is 0. The zero-order valence-corrected chi connectivity index (χ0v) is 7.70.